The summed E-state index contributed by atoms with van der Waals surface area (Å²) in [6, 6.07) is 11.3. The molecule has 0 N–H and O–H groups in total. The van der Waals surface area contributed by atoms with Crippen molar-refractivity contribution in [3.63, 3.8) is 0 Å². The Labute approximate surface area is 153 Å². The molecule has 0 aliphatic carbocycles. The van der Waals surface area contributed by atoms with Crippen molar-refractivity contribution in [2.75, 3.05) is 26.2 Å². The molecule has 0 bridgehead atoms. The summed E-state index contributed by atoms with van der Waals surface area (Å²) < 4.78 is 66.3. The molecule has 6 nitrogen and oxygen atoms in total. The highest BCUT2D eigenvalue weighted by atomic mass is 32.2. The van der Waals surface area contributed by atoms with Crippen LogP contribution in [0.5, 0.6) is 0 Å². The number of rotatable bonds is 4. The lowest BCUT2D eigenvalue weighted by molar-refractivity contribution is 0.272. The molecule has 0 saturated carbocycles. The molecule has 0 atom stereocenters. The number of nitrogens with zero attached hydrogens (tertiary/aromatic N) is 2. The average molecular weight is 398 g/mol. The molecule has 0 unspecified atom stereocenters. The van der Waals surface area contributed by atoms with E-state index in [0.717, 1.165) is 11.6 Å². The smallest absolute Gasteiger partial charge is 0.207 e. The van der Waals surface area contributed by atoms with Crippen LogP contribution in [0.15, 0.2) is 58.3 Å². The van der Waals surface area contributed by atoms with E-state index < -0.39 is 25.9 Å². The third-order valence-electron chi connectivity index (χ3n) is 4.29. The molecule has 0 aromatic heterocycles. The van der Waals surface area contributed by atoms with E-state index in [-0.39, 0.29) is 36.0 Å². The van der Waals surface area contributed by atoms with Gasteiger partial charge in [-0.25, -0.2) is 21.2 Å². The number of hydrogen-bond donors (Lipinski definition) is 0. The van der Waals surface area contributed by atoms with Crippen LogP contribution in [0.25, 0.3) is 0 Å². The summed E-state index contributed by atoms with van der Waals surface area (Å²) in [6.07, 6.45) is 0. The Hall–Kier alpha value is -1.81. The van der Waals surface area contributed by atoms with Crippen LogP contribution in [0.3, 0.4) is 0 Å². The van der Waals surface area contributed by atoms with Gasteiger partial charge in [-0.05, 0) is 37.3 Å². The van der Waals surface area contributed by atoms with E-state index in [2.05, 4.69) is 0 Å². The first-order chi connectivity index (χ1) is 12.2. The fourth-order valence-electron chi connectivity index (χ4n) is 2.79. The average Bonchev–Trinajstić information content (AvgIpc) is 2.62. The summed E-state index contributed by atoms with van der Waals surface area (Å²) in [5.74, 6) is -0.633. The van der Waals surface area contributed by atoms with Gasteiger partial charge in [0.1, 0.15) is 5.82 Å². The third-order valence-corrected chi connectivity index (χ3v) is 8.10. The van der Waals surface area contributed by atoms with Crippen LogP contribution in [0, 0.1) is 12.7 Å². The highest BCUT2D eigenvalue weighted by Crippen LogP contribution is 2.22. The lowest BCUT2D eigenvalue weighted by Crippen LogP contribution is -2.50. The van der Waals surface area contributed by atoms with E-state index in [9.17, 15) is 21.2 Å². The van der Waals surface area contributed by atoms with Crippen LogP contribution >= 0.6 is 0 Å². The van der Waals surface area contributed by atoms with E-state index in [1.807, 2.05) is 6.92 Å². The zero-order valence-electron chi connectivity index (χ0n) is 14.2. The minimum absolute atomic E-state index is 0.0178. The van der Waals surface area contributed by atoms with Gasteiger partial charge in [0.05, 0.1) is 9.79 Å². The fraction of sp³-hybridized carbons (Fsp3) is 0.294. The maximum absolute atomic E-state index is 13.3. The predicted octanol–water partition coefficient (Wildman–Crippen LogP) is 1.83. The number of benzene rings is 2. The molecule has 0 amide bonds. The molecule has 0 radical (unpaired) electrons. The highest BCUT2D eigenvalue weighted by molar-refractivity contribution is 7.89. The van der Waals surface area contributed by atoms with Crippen LogP contribution in [0.4, 0.5) is 4.39 Å². The fourth-order valence-corrected chi connectivity index (χ4v) is 5.66. The SMILES string of the molecule is Cc1ccc(S(=O)(=O)N2CCN(S(=O)(=O)c3cccc(F)c3)CC2)cc1. The second-order valence-electron chi connectivity index (χ2n) is 6.08. The van der Waals surface area contributed by atoms with Gasteiger partial charge in [0.2, 0.25) is 20.0 Å². The van der Waals surface area contributed by atoms with Gasteiger partial charge in [0, 0.05) is 26.2 Å². The number of aryl methyl sites for hydroxylation is 1. The molecule has 26 heavy (non-hydrogen) atoms. The first-order valence-electron chi connectivity index (χ1n) is 8.04. The second-order valence-corrected chi connectivity index (χ2v) is 9.95. The second kappa shape index (κ2) is 7.07. The van der Waals surface area contributed by atoms with Gasteiger partial charge in [-0.3, -0.25) is 0 Å². The number of halogens is 1. The van der Waals surface area contributed by atoms with Crippen molar-refractivity contribution in [3.8, 4) is 0 Å². The van der Waals surface area contributed by atoms with Crippen molar-refractivity contribution in [1.82, 2.24) is 8.61 Å². The van der Waals surface area contributed by atoms with E-state index in [1.54, 1.807) is 24.3 Å². The Balaban J connectivity index is 1.75. The highest BCUT2D eigenvalue weighted by Gasteiger charge is 2.33. The summed E-state index contributed by atoms with van der Waals surface area (Å²) in [4.78, 5) is 0.0527. The standard InChI is InChI=1S/C17H19FN2O4S2/c1-14-5-7-16(8-6-14)25(21,22)19-9-11-20(12-10-19)26(23,24)17-4-2-3-15(18)13-17/h2-8,13H,9-12H2,1H3. The van der Waals surface area contributed by atoms with Gasteiger partial charge in [0.25, 0.3) is 0 Å². The van der Waals surface area contributed by atoms with Crippen LogP contribution in [0.2, 0.25) is 0 Å². The minimum atomic E-state index is -3.85. The lowest BCUT2D eigenvalue weighted by Gasteiger charge is -2.33. The summed E-state index contributed by atoms with van der Waals surface area (Å²) in [6.45, 7) is 2.00. The molecule has 1 heterocycles. The molecule has 2 aromatic carbocycles. The minimum Gasteiger partial charge on any atom is -0.207 e. The monoisotopic (exact) mass is 398 g/mol. The van der Waals surface area contributed by atoms with Crippen molar-refractivity contribution < 1.29 is 21.2 Å². The van der Waals surface area contributed by atoms with E-state index in [1.165, 1.54) is 26.8 Å². The normalized spacial score (nSPS) is 17.3. The quantitative estimate of drug-likeness (QED) is 0.788. The molecule has 3 rings (SSSR count). The van der Waals surface area contributed by atoms with E-state index >= 15 is 0 Å². The molecule has 1 fully saturated rings. The molecule has 1 aliphatic rings. The maximum atomic E-state index is 13.3. The Morgan fingerprint density at radius 1 is 0.769 bits per heavy atom. The molecule has 9 heteroatoms. The largest absolute Gasteiger partial charge is 0.243 e. The van der Waals surface area contributed by atoms with Crippen LogP contribution in [-0.4, -0.2) is 51.6 Å². The molecule has 2 aromatic rings. The first kappa shape index (κ1) is 19.0. The topological polar surface area (TPSA) is 74.8 Å². The summed E-state index contributed by atoms with van der Waals surface area (Å²) in [7, 11) is -7.52. The van der Waals surface area contributed by atoms with Gasteiger partial charge >= 0.3 is 0 Å². The molecule has 140 valence electrons. The van der Waals surface area contributed by atoms with Crippen LogP contribution in [-0.2, 0) is 20.0 Å². The molecule has 0 spiro atoms. The van der Waals surface area contributed by atoms with Crippen molar-refractivity contribution in [2.24, 2.45) is 0 Å². The summed E-state index contributed by atoms with van der Waals surface area (Å²) >= 11 is 0. The van der Waals surface area contributed by atoms with Crippen LogP contribution < -0.4 is 0 Å². The van der Waals surface area contributed by atoms with Crippen molar-refractivity contribution in [1.29, 1.82) is 0 Å². The molecule has 1 saturated heterocycles. The first-order valence-corrected chi connectivity index (χ1v) is 10.9. The number of sulfonamides is 2. The maximum Gasteiger partial charge on any atom is 0.243 e. The van der Waals surface area contributed by atoms with Gasteiger partial charge in [-0.1, -0.05) is 23.8 Å². The summed E-state index contributed by atoms with van der Waals surface area (Å²) in [5, 5.41) is 0. The number of piperazine rings is 1. The molecular weight excluding hydrogens is 379 g/mol. The van der Waals surface area contributed by atoms with Gasteiger partial charge in [-0.2, -0.15) is 8.61 Å². The zero-order valence-corrected chi connectivity index (χ0v) is 15.8. The van der Waals surface area contributed by atoms with Crippen LogP contribution in [0.1, 0.15) is 5.56 Å². The Bertz CT molecular complexity index is 997. The van der Waals surface area contributed by atoms with E-state index in [4.69, 9.17) is 0 Å². The zero-order chi connectivity index (χ0) is 18.9. The van der Waals surface area contributed by atoms with E-state index in [0.29, 0.717) is 0 Å². The molecular formula is C17H19FN2O4S2. The van der Waals surface area contributed by atoms with Gasteiger partial charge in [0.15, 0.2) is 0 Å². The van der Waals surface area contributed by atoms with Crippen molar-refractivity contribution in [3.05, 3.63) is 59.9 Å². The Kier molecular flexibility index (Phi) is 5.16. The Morgan fingerprint density at radius 2 is 1.27 bits per heavy atom. The van der Waals surface area contributed by atoms with Gasteiger partial charge in [-0.15, -0.1) is 0 Å². The van der Waals surface area contributed by atoms with Crippen molar-refractivity contribution >= 4 is 20.0 Å². The Morgan fingerprint density at radius 3 is 1.77 bits per heavy atom. The summed E-state index contributed by atoms with van der Waals surface area (Å²) in [5.41, 5.74) is 0.954. The van der Waals surface area contributed by atoms with Crippen molar-refractivity contribution in [2.45, 2.75) is 16.7 Å². The molecule has 1 aliphatic heterocycles. The third kappa shape index (κ3) is 3.66. The lowest BCUT2D eigenvalue weighted by atomic mass is 10.2. The predicted molar refractivity (Wildman–Crippen MR) is 95.1 cm³/mol. The number of hydrogen-bond acceptors (Lipinski definition) is 4. The van der Waals surface area contributed by atoms with Gasteiger partial charge < -0.3 is 0 Å².